The Balaban J connectivity index is 2.01. The van der Waals surface area contributed by atoms with Crippen LogP contribution in [0, 0.1) is 11.3 Å². The largest absolute Gasteiger partial charge is 0.466 e. The molecule has 1 aromatic heterocycles. The molecule has 2 heteroatoms. The highest BCUT2D eigenvalue weighted by atomic mass is 16.3. The lowest BCUT2D eigenvalue weighted by Crippen LogP contribution is -2.25. The van der Waals surface area contributed by atoms with Gasteiger partial charge in [-0.3, -0.25) is 0 Å². The summed E-state index contributed by atoms with van der Waals surface area (Å²) >= 11 is 0. The Morgan fingerprint density at radius 2 is 2.13 bits per heavy atom. The minimum Gasteiger partial charge on any atom is -0.466 e. The van der Waals surface area contributed by atoms with E-state index in [1.807, 2.05) is 0 Å². The van der Waals surface area contributed by atoms with Gasteiger partial charge in [0.1, 0.15) is 11.5 Å². The summed E-state index contributed by atoms with van der Waals surface area (Å²) in [7, 11) is 0. The highest BCUT2D eigenvalue weighted by Gasteiger charge is 2.36. The van der Waals surface area contributed by atoms with E-state index >= 15 is 0 Å². The van der Waals surface area contributed by atoms with Crippen LogP contribution in [-0.2, 0) is 6.42 Å². The third-order valence-electron chi connectivity index (χ3n) is 3.36. The van der Waals surface area contributed by atoms with E-state index in [2.05, 4.69) is 32.9 Å². The molecule has 1 aliphatic carbocycles. The molecule has 2 nitrogen and oxygen atoms in total. The smallest absolute Gasteiger partial charge is 0.107 e. The van der Waals surface area contributed by atoms with Gasteiger partial charge in [0.15, 0.2) is 0 Å². The van der Waals surface area contributed by atoms with Crippen LogP contribution in [0.1, 0.15) is 44.6 Å². The summed E-state index contributed by atoms with van der Waals surface area (Å²) in [6, 6.07) is 4.24. The van der Waals surface area contributed by atoms with E-state index in [4.69, 9.17) is 10.2 Å². The minimum absolute atomic E-state index is 0.143. The molecule has 0 saturated heterocycles. The first kappa shape index (κ1) is 10.7. The van der Waals surface area contributed by atoms with Crippen molar-refractivity contribution in [1.82, 2.24) is 0 Å². The number of nitrogens with two attached hydrogens (primary N) is 1. The third-order valence-corrected chi connectivity index (χ3v) is 3.36. The van der Waals surface area contributed by atoms with E-state index < -0.39 is 0 Å². The second-order valence-corrected chi connectivity index (χ2v) is 5.67. The van der Waals surface area contributed by atoms with Gasteiger partial charge in [-0.25, -0.2) is 0 Å². The van der Waals surface area contributed by atoms with Crippen LogP contribution in [0.2, 0.25) is 0 Å². The molecule has 0 aliphatic heterocycles. The fourth-order valence-electron chi connectivity index (χ4n) is 1.95. The lowest BCUT2D eigenvalue weighted by molar-refractivity contribution is 0.331. The van der Waals surface area contributed by atoms with Crippen molar-refractivity contribution in [3.8, 4) is 0 Å². The van der Waals surface area contributed by atoms with Crippen molar-refractivity contribution in [3.63, 3.8) is 0 Å². The average molecular weight is 207 g/mol. The molecule has 1 heterocycles. The summed E-state index contributed by atoms with van der Waals surface area (Å²) in [6.45, 7) is 7.32. The van der Waals surface area contributed by atoms with Crippen molar-refractivity contribution in [3.05, 3.63) is 23.7 Å². The Bertz CT molecular complexity index is 340. The summed E-state index contributed by atoms with van der Waals surface area (Å²) in [5.74, 6) is 3.75. The van der Waals surface area contributed by atoms with Gasteiger partial charge in [0.2, 0.25) is 0 Å². The zero-order chi connectivity index (χ0) is 11.1. The maximum atomic E-state index is 5.86. The van der Waals surface area contributed by atoms with Gasteiger partial charge < -0.3 is 10.2 Å². The van der Waals surface area contributed by atoms with Crippen LogP contribution in [0.25, 0.3) is 0 Å². The highest BCUT2D eigenvalue weighted by Crippen LogP contribution is 2.47. The van der Waals surface area contributed by atoms with E-state index in [0.29, 0.717) is 12.5 Å². The zero-order valence-electron chi connectivity index (χ0n) is 9.92. The number of hydrogen-bond acceptors (Lipinski definition) is 2. The Morgan fingerprint density at radius 3 is 2.67 bits per heavy atom. The lowest BCUT2D eigenvalue weighted by atomic mass is 9.88. The molecule has 15 heavy (non-hydrogen) atoms. The predicted molar refractivity (Wildman–Crippen MR) is 61.8 cm³/mol. The predicted octanol–water partition coefficient (Wildman–Crippen LogP) is 2.93. The summed E-state index contributed by atoms with van der Waals surface area (Å²) in [4.78, 5) is 0. The molecule has 1 saturated carbocycles. The van der Waals surface area contributed by atoms with Gasteiger partial charge in [-0.15, -0.1) is 0 Å². The molecule has 2 rings (SSSR count). The Labute approximate surface area is 91.8 Å². The molecule has 84 valence electrons. The van der Waals surface area contributed by atoms with Crippen LogP contribution >= 0.6 is 0 Å². The Kier molecular flexibility index (Phi) is 2.63. The Morgan fingerprint density at radius 1 is 1.47 bits per heavy atom. The van der Waals surface area contributed by atoms with Crippen LogP contribution in [0.15, 0.2) is 16.5 Å². The molecule has 0 spiro atoms. The molecule has 2 atom stereocenters. The second kappa shape index (κ2) is 3.67. The van der Waals surface area contributed by atoms with Gasteiger partial charge in [0.25, 0.3) is 0 Å². The van der Waals surface area contributed by atoms with Crippen LogP contribution in [-0.4, -0.2) is 6.54 Å². The van der Waals surface area contributed by atoms with Crippen molar-refractivity contribution < 1.29 is 4.42 Å². The molecule has 2 unspecified atom stereocenters. The first-order valence-electron chi connectivity index (χ1n) is 5.80. The summed E-state index contributed by atoms with van der Waals surface area (Å²) in [6.07, 6.45) is 2.22. The molecule has 1 aliphatic rings. The first-order valence-corrected chi connectivity index (χ1v) is 5.80. The lowest BCUT2D eigenvalue weighted by Gasteiger charge is -2.20. The number of rotatable bonds is 4. The van der Waals surface area contributed by atoms with Crippen LogP contribution < -0.4 is 5.73 Å². The third kappa shape index (κ3) is 2.43. The Hall–Kier alpha value is -0.760. The quantitative estimate of drug-likeness (QED) is 0.824. The number of furan rings is 1. The molecule has 0 radical (unpaired) electrons. The summed E-state index contributed by atoms with van der Waals surface area (Å²) < 4.78 is 5.86. The normalized spacial score (nSPS) is 25.6. The van der Waals surface area contributed by atoms with Gasteiger partial charge >= 0.3 is 0 Å². The standard InChI is InChI=1S/C13H21NO/c1-9-6-11(9)12-5-4-10(15-12)7-13(2,3)8-14/h4-5,9,11H,6-8,14H2,1-3H3. The molecule has 1 fully saturated rings. The first-order chi connectivity index (χ1) is 7.02. The van der Waals surface area contributed by atoms with Crippen molar-refractivity contribution in [2.24, 2.45) is 17.1 Å². The molecular weight excluding hydrogens is 186 g/mol. The summed E-state index contributed by atoms with van der Waals surface area (Å²) in [5.41, 5.74) is 5.86. The van der Waals surface area contributed by atoms with Crippen molar-refractivity contribution in [1.29, 1.82) is 0 Å². The highest BCUT2D eigenvalue weighted by molar-refractivity contribution is 5.18. The van der Waals surface area contributed by atoms with E-state index in [0.717, 1.165) is 18.1 Å². The molecule has 2 N–H and O–H groups in total. The monoisotopic (exact) mass is 207 g/mol. The van der Waals surface area contributed by atoms with Gasteiger partial charge in [0, 0.05) is 12.3 Å². The van der Waals surface area contributed by atoms with Crippen LogP contribution in [0.3, 0.4) is 0 Å². The van der Waals surface area contributed by atoms with Gasteiger partial charge in [0.05, 0.1) is 0 Å². The van der Waals surface area contributed by atoms with Crippen molar-refractivity contribution in [2.45, 2.75) is 39.5 Å². The molecule has 0 bridgehead atoms. The van der Waals surface area contributed by atoms with Gasteiger partial charge in [-0.05, 0) is 36.4 Å². The summed E-state index contributed by atoms with van der Waals surface area (Å²) in [5, 5.41) is 0. The maximum absolute atomic E-state index is 5.86. The zero-order valence-corrected chi connectivity index (χ0v) is 9.92. The van der Waals surface area contributed by atoms with E-state index in [1.165, 1.54) is 12.2 Å². The molecule has 0 aromatic carbocycles. The average Bonchev–Trinajstić information content (AvgIpc) is 2.73. The van der Waals surface area contributed by atoms with E-state index in [1.54, 1.807) is 0 Å². The van der Waals surface area contributed by atoms with Crippen molar-refractivity contribution in [2.75, 3.05) is 6.54 Å². The fraction of sp³-hybridized carbons (Fsp3) is 0.692. The van der Waals surface area contributed by atoms with E-state index in [9.17, 15) is 0 Å². The SMILES string of the molecule is CC1CC1c1ccc(CC(C)(C)CN)o1. The number of hydrogen-bond donors (Lipinski definition) is 1. The van der Waals surface area contributed by atoms with Crippen LogP contribution in [0.5, 0.6) is 0 Å². The van der Waals surface area contributed by atoms with Gasteiger partial charge in [-0.2, -0.15) is 0 Å². The van der Waals surface area contributed by atoms with Gasteiger partial charge in [-0.1, -0.05) is 20.8 Å². The minimum atomic E-state index is 0.143. The van der Waals surface area contributed by atoms with Crippen LogP contribution in [0.4, 0.5) is 0 Å². The van der Waals surface area contributed by atoms with Crippen molar-refractivity contribution >= 4 is 0 Å². The molecule has 0 amide bonds. The fourth-order valence-corrected chi connectivity index (χ4v) is 1.95. The molecular formula is C13H21NO. The maximum Gasteiger partial charge on any atom is 0.107 e. The second-order valence-electron chi connectivity index (χ2n) is 5.67. The van der Waals surface area contributed by atoms with E-state index in [-0.39, 0.29) is 5.41 Å². The molecule has 1 aromatic rings. The topological polar surface area (TPSA) is 39.2 Å².